The fraction of sp³-hybridized carbons (Fsp3) is 0.333. The van der Waals surface area contributed by atoms with Crippen molar-refractivity contribution in [2.24, 2.45) is 5.73 Å². The number of hydrogen-bond acceptors (Lipinski definition) is 6. The Morgan fingerprint density at radius 3 is 2.59 bits per heavy atom. The Bertz CT molecular complexity index is 1340. The minimum absolute atomic E-state index is 0.164. The molecule has 1 aromatic heterocycles. The number of anilines is 1. The molecule has 3 aromatic rings. The number of carbonyl (C=O) groups excluding carboxylic acids is 4. The molecule has 1 fully saturated rings. The molecule has 3 unspecified atom stereocenters. The molecule has 0 spiro atoms. The second-order valence-corrected chi connectivity index (χ2v) is 10.1. The van der Waals surface area contributed by atoms with Crippen LogP contribution in [0.15, 0.2) is 54.7 Å². The van der Waals surface area contributed by atoms with Gasteiger partial charge in [0.05, 0.1) is 18.9 Å². The Hall–Kier alpha value is -4.19. The van der Waals surface area contributed by atoms with Gasteiger partial charge in [-0.1, -0.05) is 18.2 Å². The lowest BCUT2D eigenvalue weighted by Gasteiger charge is -2.25. The van der Waals surface area contributed by atoms with Crippen LogP contribution in [-0.2, 0) is 20.8 Å². The number of nitrogens with zero attached hydrogens (tertiary/aromatic N) is 1. The number of likely N-dealkylation sites (tertiary alicyclic amines) is 1. The van der Waals surface area contributed by atoms with Gasteiger partial charge >= 0.3 is 6.03 Å². The lowest BCUT2D eigenvalue weighted by Crippen LogP contribution is -2.53. The minimum atomic E-state index is -0.973. The molecule has 1 aliphatic heterocycles. The molecular weight excluding hydrogens is 520 g/mol. The summed E-state index contributed by atoms with van der Waals surface area (Å²) < 4.78 is 5.12. The van der Waals surface area contributed by atoms with Crippen molar-refractivity contribution < 1.29 is 23.9 Å². The van der Waals surface area contributed by atoms with Gasteiger partial charge in [0.1, 0.15) is 17.8 Å². The summed E-state index contributed by atoms with van der Waals surface area (Å²) >= 11 is 1.34. The average molecular weight is 553 g/mol. The Labute approximate surface area is 230 Å². The first-order valence-corrected chi connectivity index (χ1v) is 13.8. The number of nitrogens with two attached hydrogens (primary N) is 1. The molecule has 39 heavy (non-hydrogen) atoms. The number of para-hydroxylation sites is 1. The summed E-state index contributed by atoms with van der Waals surface area (Å²) in [5.74, 6) is -0.555. The number of rotatable bonds is 10. The molecule has 1 saturated heterocycles. The molecule has 11 nitrogen and oxygen atoms in total. The van der Waals surface area contributed by atoms with E-state index in [0.717, 1.165) is 16.5 Å². The second-order valence-electron chi connectivity index (χ2n) is 9.28. The highest BCUT2D eigenvalue weighted by molar-refractivity contribution is 7.99. The van der Waals surface area contributed by atoms with Crippen molar-refractivity contribution in [2.75, 3.05) is 31.0 Å². The topological polar surface area (TPSA) is 159 Å². The maximum absolute atomic E-state index is 13.4. The van der Waals surface area contributed by atoms with Crippen LogP contribution in [0.1, 0.15) is 12.0 Å². The van der Waals surface area contributed by atoms with Crippen LogP contribution >= 0.6 is 11.8 Å². The minimum Gasteiger partial charge on any atom is -0.497 e. The maximum Gasteiger partial charge on any atom is 0.319 e. The van der Waals surface area contributed by atoms with Crippen molar-refractivity contribution in [3.05, 3.63) is 60.3 Å². The number of fused-ring (bicyclic) bond motifs is 1. The highest BCUT2D eigenvalue weighted by atomic mass is 32.2. The van der Waals surface area contributed by atoms with Gasteiger partial charge in [0.25, 0.3) is 0 Å². The van der Waals surface area contributed by atoms with Gasteiger partial charge in [-0.25, -0.2) is 4.79 Å². The Kier molecular flexibility index (Phi) is 8.97. The average Bonchev–Trinajstić information content (AvgIpc) is 3.53. The Morgan fingerprint density at radius 2 is 1.90 bits per heavy atom. The van der Waals surface area contributed by atoms with Crippen LogP contribution in [-0.4, -0.2) is 77.4 Å². The standard InChI is InChI=1S/C27H32N6O5S/c1-38-19-9-7-17(8-10-19)30-27(37)31-18-12-23(33(14-18)24(34)15-39-2)26(36)32-22(25(28)35)11-16-13-29-21-6-4-3-5-20(16)21/h3-10,13,18,22-23,29H,11-12,14-15H2,1-2H3,(H2,28,35)(H,32,36)(H2,30,31,37). The monoisotopic (exact) mass is 552 g/mol. The highest BCUT2D eigenvalue weighted by Gasteiger charge is 2.41. The van der Waals surface area contributed by atoms with E-state index in [4.69, 9.17) is 10.5 Å². The summed E-state index contributed by atoms with van der Waals surface area (Å²) in [7, 11) is 1.56. The number of benzene rings is 2. The molecule has 2 aromatic carbocycles. The zero-order valence-electron chi connectivity index (χ0n) is 21.7. The number of thioether (sulfide) groups is 1. The predicted molar refractivity (Wildman–Crippen MR) is 151 cm³/mol. The quantitative estimate of drug-likeness (QED) is 0.258. The van der Waals surface area contributed by atoms with Gasteiger partial charge in [-0.05, 0) is 48.6 Å². The van der Waals surface area contributed by atoms with E-state index < -0.39 is 36.0 Å². The van der Waals surface area contributed by atoms with Crippen molar-refractivity contribution >= 4 is 52.1 Å². The number of urea groups is 1. The van der Waals surface area contributed by atoms with E-state index >= 15 is 0 Å². The molecule has 0 radical (unpaired) electrons. The molecule has 3 atom stereocenters. The maximum atomic E-state index is 13.4. The van der Waals surface area contributed by atoms with E-state index in [0.29, 0.717) is 11.4 Å². The summed E-state index contributed by atoms with van der Waals surface area (Å²) in [4.78, 5) is 55.8. The third kappa shape index (κ3) is 6.82. The van der Waals surface area contributed by atoms with Crippen LogP contribution in [0.5, 0.6) is 5.75 Å². The SMILES string of the molecule is COc1ccc(NC(=O)NC2CC(C(=O)NC(Cc3c[nH]c4ccccc34)C(N)=O)N(C(=O)CSC)C2)cc1. The van der Waals surface area contributed by atoms with E-state index in [1.54, 1.807) is 43.8 Å². The van der Waals surface area contributed by atoms with Crippen molar-refractivity contribution in [1.82, 2.24) is 20.5 Å². The molecule has 5 amide bonds. The highest BCUT2D eigenvalue weighted by Crippen LogP contribution is 2.22. The third-order valence-electron chi connectivity index (χ3n) is 6.63. The van der Waals surface area contributed by atoms with Crippen molar-refractivity contribution in [3.63, 3.8) is 0 Å². The van der Waals surface area contributed by atoms with Gasteiger partial charge in [-0.15, -0.1) is 0 Å². The lowest BCUT2D eigenvalue weighted by atomic mass is 10.0. The number of carbonyl (C=O) groups is 4. The first-order valence-electron chi connectivity index (χ1n) is 12.4. The van der Waals surface area contributed by atoms with Gasteiger partial charge in [0.15, 0.2) is 0 Å². The van der Waals surface area contributed by atoms with Gasteiger partial charge in [-0.3, -0.25) is 14.4 Å². The van der Waals surface area contributed by atoms with Crippen LogP contribution in [0, 0.1) is 0 Å². The van der Waals surface area contributed by atoms with Crippen molar-refractivity contribution in [2.45, 2.75) is 31.0 Å². The fourth-order valence-electron chi connectivity index (χ4n) is 4.71. The van der Waals surface area contributed by atoms with E-state index in [2.05, 4.69) is 20.9 Å². The number of amides is 5. The second kappa shape index (κ2) is 12.6. The van der Waals surface area contributed by atoms with Crippen LogP contribution in [0.25, 0.3) is 10.9 Å². The van der Waals surface area contributed by atoms with Gasteiger partial charge in [0.2, 0.25) is 17.7 Å². The molecule has 206 valence electrons. The van der Waals surface area contributed by atoms with E-state index in [1.807, 2.05) is 24.3 Å². The predicted octanol–water partition coefficient (Wildman–Crippen LogP) is 1.84. The van der Waals surface area contributed by atoms with Crippen molar-refractivity contribution in [1.29, 1.82) is 0 Å². The number of primary amides is 1. The summed E-state index contributed by atoms with van der Waals surface area (Å²) in [6, 6.07) is 11.7. The van der Waals surface area contributed by atoms with Gasteiger partial charge in [-0.2, -0.15) is 11.8 Å². The first kappa shape index (κ1) is 27.8. The van der Waals surface area contributed by atoms with Gasteiger partial charge in [0, 0.05) is 35.8 Å². The normalized spacial score (nSPS) is 17.4. The van der Waals surface area contributed by atoms with Crippen molar-refractivity contribution in [3.8, 4) is 5.75 Å². The van der Waals surface area contributed by atoms with E-state index in [1.165, 1.54) is 16.7 Å². The molecule has 0 saturated carbocycles. The number of H-pyrrole nitrogens is 1. The number of ether oxygens (including phenoxy) is 1. The van der Waals surface area contributed by atoms with E-state index in [9.17, 15) is 19.2 Å². The zero-order valence-corrected chi connectivity index (χ0v) is 22.5. The lowest BCUT2D eigenvalue weighted by molar-refractivity contribution is -0.137. The van der Waals surface area contributed by atoms with Crippen LogP contribution in [0.2, 0.25) is 0 Å². The molecule has 0 bridgehead atoms. The molecule has 2 heterocycles. The number of methoxy groups -OCH3 is 1. The first-order chi connectivity index (χ1) is 18.8. The number of hydrogen-bond donors (Lipinski definition) is 5. The van der Waals surface area contributed by atoms with E-state index in [-0.39, 0.29) is 31.0 Å². The van der Waals surface area contributed by atoms with Gasteiger partial charge < -0.3 is 36.3 Å². The molecule has 12 heteroatoms. The smallest absolute Gasteiger partial charge is 0.319 e. The molecular formula is C27H32N6O5S. The molecule has 0 aliphatic carbocycles. The van der Waals surface area contributed by atoms with Crippen LogP contribution < -0.4 is 26.4 Å². The van der Waals surface area contributed by atoms with Crippen LogP contribution in [0.3, 0.4) is 0 Å². The summed E-state index contributed by atoms with van der Waals surface area (Å²) in [5.41, 5.74) is 7.97. The summed E-state index contributed by atoms with van der Waals surface area (Å²) in [6.07, 6.45) is 3.98. The van der Waals surface area contributed by atoms with Crippen LogP contribution in [0.4, 0.5) is 10.5 Å². The molecule has 6 N–H and O–H groups in total. The fourth-order valence-corrected chi connectivity index (χ4v) is 5.12. The third-order valence-corrected chi connectivity index (χ3v) is 7.17. The molecule has 1 aliphatic rings. The summed E-state index contributed by atoms with van der Waals surface area (Å²) in [6.45, 7) is 0.164. The largest absolute Gasteiger partial charge is 0.497 e. The number of aromatic amines is 1. The number of nitrogens with one attached hydrogen (secondary N) is 4. The zero-order chi connectivity index (χ0) is 27.9. The number of aromatic nitrogens is 1. The summed E-state index contributed by atoms with van der Waals surface area (Å²) in [5, 5.41) is 9.26. The Morgan fingerprint density at radius 1 is 1.15 bits per heavy atom. The molecule has 4 rings (SSSR count). The Balaban J connectivity index is 1.43.